The highest BCUT2D eigenvalue weighted by atomic mass is 32.2. The van der Waals surface area contributed by atoms with Crippen molar-refractivity contribution in [3.05, 3.63) is 89.0 Å². The number of rotatable bonds is 9. The summed E-state index contributed by atoms with van der Waals surface area (Å²) in [4.78, 5) is 13.3. The third kappa shape index (κ3) is 6.38. The number of ether oxygens (including phenoxy) is 1. The van der Waals surface area contributed by atoms with Crippen molar-refractivity contribution in [2.45, 2.75) is 45.1 Å². The minimum Gasteiger partial charge on any atom is -0.497 e. The standard InChI is InChI=1S/C27H32N2O4S/c1-18(2)15-25(21-11-13-24(33-5)14-12-21)28-27(30)22-10-9-20(4)26(17-22)34(31,32)29-23-8-6-7-19(3)16-23/h6-14,16-18,25,29H,15H2,1-5H3,(H,28,30)/t25-/m0/s1. The van der Waals surface area contributed by atoms with E-state index in [4.69, 9.17) is 4.74 Å². The lowest BCUT2D eigenvalue weighted by Crippen LogP contribution is -2.29. The van der Waals surface area contributed by atoms with Gasteiger partial charge in [0.05, 0.1) is 18.0 Å². The molecule has 1 amide bonds. The number of aryl methyl sites for hydroxylation is 2. The molecule has 0 unspecified atom stereocenters. The summed E-state index contributed by atoms with van der Waals surface area (Å²) < 4.78 is 34.1. The number of amides is 1. The Bertz CT molecular complexity index is 1250. The van der Waals surface area contributed by atoms with E-state index in [1.165, 1.54) is 6.07 Å². The molecule has 180 valence electrons. The number of sulfonamides is 1. The molecule has 0 saturated heterocycles. The first kappa shape index (κ1) is 25.3. The van der Waals surface area contributed by atoms with Gasteiger partial charge < -0.3 is 10.1 Å². The molecular weight excluding hydrogens is 448 g/mol. The zero-order chi connectivity index (χ0) is 24.9. The highest BCUT2D eigenvalue weighted by Crippen LogP contribution is 2.25. The average molecular weight is 481 g/mol. The maximum absolute atomic E-state index is 13.2. The smallest absolute Gasteiger partial charge is 0.262 e. The van der Waals surface area contributed by atoms with Crippen molar-refractivity contribution in [2.24, 2.45) is 5.92 Å². The zero-order valence-electron chi connectivity index (χ0n) is 20.3. The Labute approximate surface area is 202 Å². The summed E-state index contributed by atoms with van der Waals surface area (Å²) in [5, 5.41) is 3.08. The first-order valence-electron chi connectivity index (χ1n) is 11.2. The molecule has 34 heavy (non-hydrogen) atoms. The average Bonchev–Trinajstić information content (AvgIpc) is 2.78. The normalized spacial score (nSPS) is 12.3. The minimum atomic E-state index is -3.87. The quantitative estimate of drug-likeness (QED) is 0.416. The van der Waals surface area contributed by atoms with Gasteiger partial charge in [-0.25, -0.2) is 8.42 Å². The molecule has 0 aromatic heterocycles. The molecule has 2 N–H and O–H groups in total. The maximum Gasteiger partial charge on any atom is 0.262 e. The van der Waals surface area contributed by atoms with E-state index in [1.807, 2.05) is 37.3 Å². The van der Waals surface area contributed by atoms with E-state index in [1.54, 1.807) is 44.4 Å². The van der Waals surface area contributed by atoms with Crippen molar-refractivity contribution in [1.82, 2.24) is 5.32 Å². The molecule has 6 nitrogen and oxygen atoms in total. The monoisotopic (exact) mass is 480 g/mol. The first-order chi connectivity index (χ1) is 16.1. The highest BCUT2D eigenvalue weighted by Gasteiger charge is 2.22. The van der Waals surface area contributed by atoms with Crippen molar-refractivity contribution in [3.8, 4) is 5.75 Å². The van der Waals surface area contributed by atoms with Gasteiger partial charge in [0.2, 0.25) is 0 Å². The molecule has 0 saturated carbocycles. The van der Waals surface area contributed by atoms with Crippen LogP contribution in [0.5, 0.6) is 5.75 Å². The van der Waals surface area contributed by atoms with Gasteiger partial charge in [-0.15, -0.1) is 0 Å². The Morgan fingerprint density at radius 2 is 1.68 bits per heavy atom. The Hall–Kier alpha value is -3.32. The molecule has 3 aromatic carbocycles. The molecule has 0 fully saturated rings. The van der Waals surface area contributed by atoms with Gasteiger partial charge in [-0.2, -0.15) is 0 Å². The summed E-state index contributed by atoms with van der Waals surface area (Å²) in [7, 11) is -2.26. The number of benzene rings is 3. The number of carbonyl (C=O) groups excluding carboxylic acids is 1. The molecule has 0 aliphatic carbocycles. The summed E-state index contributed by atoms with van der Waals surface area (Å²) in [6, 6.07) is 19.3. The number of methoxy groups -OCH3 is 1. The van der Waals surface area contributed by atoms with Crippen LogP contribution in [0.15, 0.2) is 71.6 Å². The van der Waals surface area contributed by atoms with Gasteiger partial charge in [-0.3, -0.25) is 9.52 Å². The van der Waals surface area contributed by atoms with Crippen LogP contribution in [0.2, 0.25) is 0 Å². The Kier molecular flexibility index (Phi) is 7.99. The first-order valence-corrected chi connectivity index (χ1v) is 12.7. The van der Waals surface area contributed by atoms with E-state index in [0.717, 1.165) is 23.3 Å². The minimum absolute atomic E-state index is 0.0755. The largest absolute Gasteiger partial charge is 0.497 e. The van der Waals surface area contributed by atoms with Gasteiger partial charge >= 0.3 is 0 Å². The molecule has 3 rings (SSSR count). The van der Waals surface area contributed by atoms with Gasteiger partial charge in [-0.1, -0.05) is 44.2 Å². The second kappa shape index (κ2) is 10.7. The summed E-state index contributed by atoms with van der Waals surface area (Å²) in [5.74, 6) is 0.765. The second-order valence-corrected chi connectivity index (χ2v) is 10.5. The SMILES string of the molecule is COc1ccc([C@H](CC(C)C)NC(=O)c2ccc(C)c(S(=O)(=O)Nc3cccc(C)c3)c2)cc1. The fourth-order valence-corrected chi connectivity index (χ4v) is 5.10. The molecule has 3 aromatic rings. The third-order valence-electron chi connectivity index (χ3n) is 5.54. The van der Waals surface area contributed by atoms with E-state index in [9.17, 15) is 13.2 Å². The third-order valence-corrected chi connectivity index (χ3v) is 7.06. The van der Waals surface area contributed by atoms with E-state index in [-0.39, 0.29) is 22.4 Å². The van der Waals surface area contributed by atoms with Crippen molar-refractivity contribution in [1.29, 1.82) is 0 Å². The molecule has 0 bridgehead atoms. The lowest BCUT2D eigenvalue weighted by molar-refractivity contribution is 0.0931. The van der Waals surface area contributed by atoms with Crippen LogP contribution >= 0.6 is 0 Å². The van der Waals surface area contributed by atoms with E-state index < -0.39 is 10.0 Å². The predicted octanol–water partition coefficient (Wildman–Crippen LogP) is 5.63. The molecule has 0 aliphatic rings. The van der Waals surface area contributed by atoms with Crippen LogP contribution in [0.1, 0.15) is 53.4 Å². The highest BCUT2D eigenvalue weighted by molar-refractivity contribution is 7.92. The lowest BCUT2D eigenvalue weighted by Gasteiger charge is -2.22. The van der Waals surface area contributed by atoms with Crippen LogP contribution in [-0.4, -0.2) is 21.4 Å². The van der Waals surface area contributed by atoms with Crippen LogP contribution in [0, 0.1) is 19.8 Å². The van der Waals surface area contributed by atoms with Crippen molar-refractivity contribution in [2.75, 3.05) is 11.8 Å². The summed E-state index contributed by atoms with van der Waals surface area (Å²) in [6.45, 7) is 7.79. The van der Waals surface area contributed by atoms with Crippen LogP contribution in [0.25, 0.3) is 0 Å². The van der Waals surface area contributed by atoms with Gasteiger partial charge in [0.1, 0.15) is 5.75 Å². The van der Waals surface area contributed by atoms with E-state index in [0.29, 0.717) is 17.2 Å². The van der Waals surface area contributed by atoms with Crippen molar-refractivity contribution >= 4 is 21.6 Å². The molecule has 0 radical (unpaired) electrons. The molecule has 0 spiro atoms. The predicted molar refractivity (Wildman–Crippen MR) is 136 cm³/mol. The van der Waals surface area contributed by atoms with Gasteiger partial charge in [0, 0.05) is 11.3 Å². The van der Waals surface area contributed by atoms with Gasteiger partial charge in [-0.05, 0) is 79.3 Å². The Morgan fingerprint density at radius 1 is 0.971 bits per heavy atom. The Balaban J connectivity index is 1.87. The lowest BCUT2D eigenvalue weighted by atomic mass is 9.96. The number of hydrogen-bond donors (Lipinski definition) is 2. The van der Waals surface area contributed by atoms with Gasteiger partial charge in [0.15, 0.2) is 0 Å². The van der Waals surface area contributed by atoms with Crippen molar-refractivity contribution < 1.29 is 17.9 Å². The maximum atomic E-state index is 13.2. The summed E-state index contributed by atoms with van der Waals surface area (Å²) in [6.07, 6.45) is 0.740. The van der Waals surface area contributed by atoms with Crippen LogP contribution in [0.3, 0.4) is 0 Å². The van der Waals surface area contributed by atoms with Crippen LogP contribution in [-0.2, 0) is 10.0 Å². The summed E-state index contributed by atoms with van der Waals surface area (Å²) >= 11 is 0. The number of nitrogens with one attached hydrogen (secondary N) is 2. The number of carbonyl (C=O) groups is 1. The topological polar surface area (TPSA) is 84.5 Å². The van der Waals surface area contributed by atoms with E-state index >= 15 is 0 Å². The van der Waals surface area contributed by atoms with E-state index in [2.05, 4.69) is 23.9 Å². The zero-order valence-corrected chi connectivity index (χ0v) is 21.1. The second-order valence-electron chi connectivity index (χ2n) is 8.88. The molecule has 0 heterocycles. The molecule has 7 heteroatoms. The molecule has 0 aliphatic heterocycles. The van der Waals surface area contributed by atoms with Gasteiger partial charge in [0.25, 0.3) is 15.9 Å². The molecule has 1 atom stereocenters. The number of hydrogen-bond acceptors (Lipinski definition) is 4. The summed E-state index contributed by atoms with van der Waals surface area (Å²) in [5.41, 5.74) is 3.23. The fraction of sp³-hybridized carbons (Fsp3) is 0.296. The van der Waals surface area contributed by atoms with Crippen LogP contribution < -0.4 is 14.8 Å². The van der Waals surface area contributed by atoms with Crippen LogP contribution in [0.4, 0.5) is 5.69 Å². The molecular formula is C27H32N2O4S. The Morgan fingerprint density at radius 3 is 2.29 bits per heavy atom. The van der Waals surface area contributed by atoms with Crippen molar-refractivity contribution in [3.63, 3.8) is 0 Å². The number of anilines is 1. The fourth-order valence-electron chi connectivity index (χ4n) is 3.78.